The Morgan fingerprint density at radius 3 is 2.56 bits per heavy atom. The number of carbonyl (C=O) groups is 1. The van der Waals surface area contributed by atoms with Crippen LogP contribution in [0.2, 0.25) is 0 Å². The van der Waals surface area contributed by atoms with Gasteiger partial charge in [-0.2, -0.15) is 0 Å². The largest absolute Gasteiger partial charge is 0.461 e. The average molecular weight is 255 g/mol. The van der Waals surface area contributed by atoms with E-state index in [-0.39, 0.29) is 24.3 Å². The van der Waals surface area contributed by atoms with Gasteiger partial charge in [0.1, 0.15) is 11.6 Å². The highest BCUT2D eigenvalue weighted by atomic mass is 16.6. The number of carbonyl (C=O) groups excluding carboxylic acids is 1. The molecule has 2 saturated heterocycles. The Hall–Kier alpha value is -0.610. The predicted molar refractivity (Wildman–Crippen MR) is 69.4 cm³/mol. The van der Waals surface area contributed by atoms with Crippen LogP contribution in [0.1, 0.15) is 52.9 Å². The van der Waals surface area contributed by atoms with Gasteiger partial charge in [0.15, 0.2) is 0 Å². The molecule has 0 saturated carbocycles. The number of rotatable bonds is 3. The summed E-state index contributed by atoms with van der Waals surface area (Å²) in [6, 6.07) is 0. The Kier molecular flexibility index (Phi) is 4.28. The van der Waals surface area contributed by atoms with Crippen LogP contribution >= 0.6 is 0 Å². The maximum absolute atomic E-state index is 12.4. The van der Waals surface area contributed by atoms with Gasteiger partial charge in [0, 0.05) is 12.8 Å². The molecule has 0 radical (unpaired) electrons. The standard InChI is InChI=1S/C14H25NO3/c1-4-14(6-5-7-15-14)13(16)18-12-8-10(2)17-11(3)9-12/h10-12,15H,4-9H2,1-3H3. The van der Waals surface area contributed by atoms with E-state index < -0.39 is 5.54 Å². The molecule has 2 rings (SSSR count). The van der Waals surface area contributed by atoms with Crippen LogP contribution in [-0.4, -0.2) is 36.4 Å². The molecule has 104 valence electrons. The van der Waals surface area contributed by atoms with E-state index in [9.17, 15) is 4.79 Å². The van der Waals surface area contributed by atoms with Gasteiger partial charge in [-0.25, -0.2) is 0 Å². The van der Waals surface area contributed by atoms with Crippen molar-refractivity contribution in [1.82, 2.24) is 5.32 Å². The zero-order valence-corrected chi connectivity index (χ0v) is 11.7. The fraction of sp³-hybridized carbons (Fsp3) is 0.929. The van der Waals surface area contributed by atoms with Crippen LogP contribution in [-0.2, 0) is 14.3 Å². The van der Waals surface area contributed by atoms with Gasteiger partial charge in [0.05, 0.1) is 12.2 Å². The first-order valence-electron chi connectivity index (χ1n) is 7.17. The summed E-state index contributed by atoms with van der Waals surface area (Å²) in [5.41, 5.74) is -0.426. The van der Waals surface area contributed by atoms with Crippen LogP contribution < -0.4 is 5.32 Å². The highest BCUT2D eigenvalue weighted by molar-refractivity contribution is 5.81. The molecule has 3 atom stereocenters. The summed E-state index contributed by atoms with van der Waals surface area (Å²) in [6.45, 7) is 7.05. The summed E-state index contributed by atoms with van der Waals surface area (Å²) in [5.74, 6) is -0.0613. The van der Waals surface area contributed by atoms with E-state index in [1.807, 2.05) is 13.8 Å². The zero-order chi connectivity index (χ0) is 13.2. The first kappa shape index (κ1) is 13.8. The Balaban J connectivity index is 1.94. The van der Waals surface area contributed by atoms with Crippen LogP contribution in [0.4, 0.5) is 0 Å². The molecule has 2 aliphatic heterocycles. The molecule has 0 spiro atoms. The van der Waals surface area contributed by atoms with Crippen molar-refractivity contribution < 1.29 is 14.3 Å². The summed E-state index contributed by atoms with van der Waals surface area (Å²) >= 11 is 0. The van der Waals surface area contributed by atoms with E-state index >= 15 is 0 Å². The van der Waals surface area contributed by atoms with Gasteiger partial charge in [0.2, 0.25) is 0 Å². The van der Waals surface area contributed by atoms with Crippen LogP contribution in [0.15, 0.2) is 0 Å². The molecule has 3 unspecified atom stereocenters. The topological polar surface area (TPSA) is 47.6 Å². The van der Waals surface area contributed by atoms with Crippen LogP contribution in [0.25, 0.3) is 0 Å². The fourth-order valence-electron chi connectivity index (χ4n) is 3.13. The summed E-state index contributed by atoms with van der Waals surface area (Å²) in [4.78, 5) is 12.4. The smallest absolute Gasteiger partial charge is 0.326 e. The Bertz CT molecular complexity index is 289. The predicted octanol–water partition coefficient (Wildman–Crippen LogP) is 2.02. The molecule has 4 heteroatoms. The van der Waals surface area contributed by atoms with E-state index in [4.69, 9.17) is 9.47 Å². The van der Waals surface area contributed by atoms with Crippen molar-refractivity contribution in [1.29, 1.82) is 0 Å². The van der Waals surface area contributed by atoms with E-state index in [0.29, 0.717) is 0 Å². The molecule has 0 bridgehead atoms. The number of hydrogen-bond acceptors (Lipinski definition) is 4. The first-order valence-corrected chi connectivity index (χ1v) is 7.17. The molecule has 2 aliphatic rings. The van der Waals surface area contributed by atoms with E-state index in [1.165, 1.54) is 0 Å². The van der Waals surface area contributed by atoms with Crippen molar-refractivity contribution in [2.24, 2.45) is 0 Å². The van der Waals surface area contributed by atoms with Crippen LogP contribution in [0, 0.1) is 0 Å². The Morgan fingerprint density at radius 1 is 1.39 bits per heavy atom. The third kappa shape index (κ3) is 2.86. The molecular weight excluding hydrogens is 230 g/mol. The lowest BCUT2D eigenvalue weighted by molar-refractivity contribution is -0.167. The normalized spacial score (nSPS) is 40.7. The van der Waals surface area contributed by atoms with Crippen molar-refractivity contribution in [3.8, 4) is 0 Å². The average Bonchev–Trinajstić information content (AvgIpc) is 2.77. The molecule has 1 N–H and O–H groups in total. The molecule has 0 aliphatic carbocycles. The molecule has 0 amide bonds. The monoisotopic (exact) mass is 255 g/mol. The second-order valence-electron chi connectivity index (χ2n) is 5.72. The molecule has 2 heterocycles. The summed E-state index contributed by atoms with van der Waals surface area (Å²) in [7, 11) is 0. The molecular formula is C14H25NO3. The third-order valence-corrected chi connectivity index (χ3v) is 4.17. The second-order valence-corrected chi connectivity index (χ2v) is 5.72. The summed E-state index contributed by atoms with van der Waals surface area (Å²) in [5, 5.41) is 3.33. The SMILES string of the molecule is CCC1(C(=O)OC2CC(C)OC(C)C2)CCCN1. The second kappa shape index (κ2) is 5.57. The zero-order valence-electron chi connectivity index (χ0n) is 11.7. The van der Waals surface area contributed by atoms with Gasteiger partial charge in [-0.3, -0.25) is 4.79 Å². The summed E-state index contributed by atoms with van der Waals surface area (Å²) in [6.07, 6.45) is 4.77. The van der Waals surface area contributed by atoms with Crippen LogP contribution in [0.5, 0.6) is 0 Å². The van der Waals surface area contributed by atoms with Crippen molar-refractivity contribution in [2.75, 3.05) is 6.54 Å². The van der Waals surface area contributed by atoms with Gasteiger partial charge in [-0.1, -0.05) is 6.92 Å². The molecule has 18 heavy (non-hydrogen) atoms. The lowest BCUT2D eigenvalue weighted by atomic mass is 9.94. The molecule has 0 aromatic carbocycles. The molecule has 2 fully saturated rings. The van der Waals surface area contributed by atoms with E-state index in [2.05, 4.69) is 12.2 Å². The van der Waals surface area contributed by atoms with E-state index in [1.54, 1.807) is 0 Å². The van der Waals surface area contributed by atoms with Gasteiger partial charge < -0.3 is 14.8 Å². The number of esters is 1. The number of hydrogen-bond donors (Lipinski definition) is 1. The van der Waals surface area contributed by atoms with Crippen molar-refractivity contribution in [2.45, 2.75) is 76.7 Å². The quantitative estimate of drug-likeness (QED) is 0.784. The molecule has 0 aromatic rings. The lowest BCUT2D eigenvalue weighted by Gasteiger charge is -2.34. The van der Waals surface area contributed by atoms with Gasteiger partial charge in [-0.05, 0) is 39.7 Å². The van der Waals surface area contributed by atoms with Gasteiger partial charge in [0.25, 0.3) is 0 Å². The maximum Gasteiger partial charge on any atom is 0.326 e. The highest BCUT2D eigenvalue weighted by Gasteiger charge is 2.42. The van der Waals surface area contributed by atoms with Crippen LogP contribution in [0.3, 0.4) is 0 Å². The molecule has 0 aromatic heterocycles. The van der Waals surface area contributed by atoms with Crippen molar-refractivity contribution in [3.63, 3.8) is 0 Å². The first-order chi connectivity index (χ1) is 8.55. The van der Waals surface area contributed by atoms with Gasteiger partial charge in [-0.15, -0.1) is 0 Å². The van der Waals surface area contributed by atoms with Crippen molar-refractivity contribution in [3.05, 3.63) is 0 Å². The number of ether oxygens (including phenoxy) is 2. The molecule has 4 nitrogen and oxygen atoms in total. The van der Waals surface area contributed by atoms with Crippen molar-refractivity contribution >= 4 is 5.97 Å². The summed E-state index contributed by atoms with van der Waals surface area (Å²) < 4.78 is 11.4. The Morgan fingerprint density at radius 2 is 2.06 bits per heavy atom. The highest BCUT2D eigenvalue weighted by Crippen LogP contribution is 2.28. The van der Waals surface area contributed by atoms with Gasteiger partial charge >= 0.3 is 5.97 Å². The maximum atomic E-state index is 12.4. The minimum Gasteiger partial charge on any atom is -0.461 e. The minimum atomic E-state index is -0.426. The third-order valence-electron chi connectivity index (χ3n) is 4.17. The lowest BCUT2D eigenvalue weighted by Crippen LogP contribution is -2.50. The minimum absolute atomic E-state index is 0.0158. The fourth-order valence-corrected chi connectivity index (χ4v) is 3.13. The van der Waals surface area contributed by atoms with E-state index in [0.717, 1.165) is 38.6 Å². The Labute approximate surface area is 109 Å². The number of nitrogens with one attached hydrogen (secondary N) is 1.